The summed E-state index contributed by atoms with van der Waals surface area (Å²) in [6.45, 7) is 3.87. The van der Waals surface area contributed by atoms with Crippen molar-refractivity contribution in [3.8, 4) is 5.75 Å². The highest BCUT2D eigenvalue weighted by Gasteiger charge is 2.31. The van der Waals surface area contributed by atoms with Crippen LogP contribution in [0.25, 0.3) is 0 Å². The Bertz CT molecular complexity index is 363. The molecule has 1 atom stereocenters. The van der Waals surface area contributed by atoms with Crippen molar-refractivity contribution in [2.75, 3.05) is 0 Å². The summed E-state index contributed by atoms with van der Waals surface area (Å²) in [7, 11) is 0. The second-order valence-electron chi connectivity index (χ2n) is 3.58. The number of hydrogen-bond donors (Lipinski definition) is 0. The van der Waals surface area contributed by atoms with Crippen LogP contribution < -0.4 is 4.74 Å². The number of hydrogen-bond acceptors (Lipinski definition) is 1. The van der Waals surface area contributed by atoms with Crippen LogP contribution in [0.15, 0.2) is 18.2 Å². The number of alkyl halides is 3. The maximum Gasteiger partial charge on any atom is 0.573 e. The molecule has 90 valence electrons. The van der Waals surface area contributed by atoms with Crippen LogP contribution in [0.4, 0.5) is 13.2 Å². The second-order valence-corrected chi connectivity index (χ2v) is 4.01. The summed E-state index contributed by atoms with van der Waals surface area (Å²) in [4.78, 5) is 0. The van der Waals surface area contributed by atoms with Gasteiger partial charge in [-0.25, -0.2) is 0 Å². The van der Waals surface area contributed by atoms with Gasteiger partial charge >= 0.3 is 6.36 Å². The molecule has 0 amide bonds. The third-order valence-electron chi connectivity index (χ3n) is 2.31. The van der Waals surface area contributed by atoms with Crippen molar-refractivity contribution in [1.82, 2.24) is 0 Å². The first-order chi connectivity index (χ1) is 7.31. The van der Waals surface area contributed by atoms with Crippen molar-refractivity contribution in [3.05, 3.63) is 28.8 Å². The standard InChI is InChI=1S/C11H12ClF3O/c1-3-7(2)8-4-9(12)6-10(5-8)16-11(13,14)15/h4-7H,3H2,1-2H3. The van der Waals surface area contributed by atoms with Crippen molar-refractivity contribution >= 4 is 11.6 Å². The van der Waals surface area contributed by atoms with E-state index in [1.54, 1.807) is 6.07 Å². The molecule has 0 saturated carbocycles. The normalized spacial score (nSPS) is 13.6. The SMILES string of the molecule is CCC(C)c1cc(Cl)cc(OC(F)(F)F)c1. The third kappa shape index (κ3) is 3.93. The van der Waals surface area contributed by atoms with E-state index in [9.17, 15) is 13.2 Å². The smallest absolute Gasteiger partial charge is 0.406 e. The highest BCUT2D eigenvalue weighted by molar-refractivity contribution is 6.30. The van der Waals surface area contributed by atoms with E-state index in [1.165, 1.54) is 6.07 Å². The van der Waals surface area contributed by atoms with E-state index in [4.69, 9.17) is 11.6 Å². The van der Waals surface area contributed by atoms with Crippen molar-refractivity contribution < 1.29 is 17.9 Å². The summed E-state index contributed by atoms with van der Waals surface area (Å²) in [6, 6.07) is 4.17. The van der Waals surface area contributed by atoms with Gasteiger partial charge in [-0.3, -0.25) is 0 Å². The lowest BCUT2D eigenvalue weighted by Crippen LogP contribution is -2.17. The monoisotopic (exact) mass is 252 g/mol. The van der Waals surface area contributed by atoms with Crippen LogP contribution in [0.3, 0.4) is 0 Å². The average molecular weight is 253 g/mol. The molecular weight excluding hydrogens is 241 g/mol. The van der Waals surface area contributed by atoms with Gasteiger partial charge in [-0.05, 0) is 36.1 Å². The Kier molecular flexibility index (Phi) is 4.08. The van der Waals surface area contributed by atoms with Crippen LogP contribution in [0.5, 0.6) is 5.75 Å². The molecule has 5 heteroatoms. The predicted molar refractivity (Wildman–Crippen MR) is 56.8 cm³/mol. The van der Waals surface area contributed by atoms with Gasteiger partial charge in [0.15, 0.2) is 0 Å². The lowest BCUT2D eigenvalue weighted by Gasteiger charge is -2.13. The fourth-order valence-corrected chi connectivity index (χ4v) is 1.53. The first kappa shape index (κ1) is 13.2. The Balaban J connectivity index is 2.99. The molecule has 0 fully saturated rings. The average Bonchev–Trinajstić information content (AvgIpc) is 2.12. The minimum atomic E-state index is -4.68. The van der Waals surface area contributed by atoms with Gasteiger partial charge in [0, 0.05) is 5.02 Å². The van der Waals surface area contributed by atoms with E-state index in [0.717, 1.165) is 18.1 Å². The summed E-state index contributed by atoms with van der Waals surface area (Å²) in [5, 5.41) is 0.247. The van der Waals surface area contributed by atoms with Gasteiger partial charge < -0.3 is 4.74 Å². The van der Waals surface area contributed by atoms with Crippen molar-refractivity contribution in [3.63, 3.8) is 0 Å². The van der Waals surface area contributed by atoms with Crippen LogP contribution in [0, 0.1) is 0 Å². The van der Waals surface area contributed by atoms with Crippen LogP contribution >= 0.6 is 11.6 Å². The molecule has 0 bridgehead atoms. The van der Waals surface area contributed by atoms with Gasteiger partial charge in [0.05, 0.1) is 0 Å². The Morgan fingerprint density at radius 2 is 1.94 bits per heavy atom. The van der Waals surface area contributed by atoms with E-state index >= 15 is 0 Å². The van der Waals surface area contributed by atoms with E-state index in [2.05, 4.69) is 4.74 Å². The fraction of sp³-hybridized carbons (Fsp3) is 0.455. The van der Waals surface area contributed by atoms with Crippen LogP contribution in [0.2, 0.25) is 5.02 Å². The van der Waals surface area contributed by atoms with Gasteiger partial charge in [0.2, 0.25) is 0 Å². The fourth-order valence-electron chi connectivity index (χ4n) is 1.30. The quantitative estimate of drug-likeness (QED) is 0.754. The van der Waals surface area contributed by atoms with Crippen molar-refractivity contribution in [2.24, 2.45) is 0 Å². The molecule has 1 unspecified atom stereocenters. The zero-order chi connectivity index (χ0) is 12.3. The minimum absolute atomic E-state index is 0.147. The van der Waals surface area contributed by atoms with Crippen LogP contribution in [-0.2, 0) is 0 Å². The summed E-state index contributed by atoms with van der Waals surface area (Å²) in [5.41, 5.74) is 0.745. The maximum atomic E-state index is 12.0. The summed E-state index contributed by atoms with van der Waals surface area (Å²) < 4.78 is 39.9. The Hall–Kier alpha value is -0.900. The molecule has 0 aliphatic heterocycles. The third-order valence-corrected chi connectivity index (χ3v) is 2.53. The number of benzene rings is 1. The highest BCUT2D eigenvalue weighted by Crippen LogP contribution is 2.30. The molecule has 1 aromatic rings. The molecule has 0 aliphatic carbocycles. The molecule has 0 heterocycles. The summed E-state index contributed by atoms with van der Waals surface area (Å²) in [5.74, 6) is -0.121. The molecule has 0 N–H and O–H groups in total. The van der Waals surface area contributed by atoms with Crippen LogP contribution in [0.1, 0.15) is 31.7 Å². The first-order valence-corrected chi connectivity index (χ1v) is 5.26. The highest BCUT2D eigenvalue weighted by atomic mass is 35.5. The lowest BCUT2D eigenvalue weighted by atomic mass is 9.99. The Morgan fingerprint density at radius 1 is 1.31 bits per heavy atom. The van der Waals surface area contributed by atoms with Gasteiger partial charge in [-0.2, -0.15) is 0 Å². The maximum absolute atomic E-state index is 12.0. The van der Waals surface area contributed by atoms with E-state index in [1.807, 2.05) is 13.8 Å². The Morgan fingerprint density at radius 3 is 2.44 bits per heavy atom. The molecule has 0 aromatic heterocycles. The van der Waals surface area contributed by atoms with Crippen LogP contribution in [-0.4, -0.2) is 6.36 Å². The molecule has 0 radical (unpaired) electrons. The number of rotatable bonds is 3. The van der Waals surface area contributed by atoms with Crippen molar-refractivity contribution in [2.45, 2.75) is 32.5 Å². The van der Waals surface area contributed by atoms with E-state index in [-0.39, 0.29) is 16.7 Å². The number of halogens is 4. The summed E-state index contributed by atoms with van der Waals surface area (Å²) >= 11 is 5.73. The molecule has 1 nitrogen and oxygen atoms in total. The van der Waals surface area contributed by atoms with Crippen molar-refractivity contribution in [1.29, 1.82) is 0 Å². The first-order valence-electron chi connectivity index (χ1n) is 4.88. The molecule has 1 aromatic carbocycles. The molecule has 0 aliphatic rings. The molecule has 16 heavy (non-hydrogen) atoms. The van der Waals surface area contributed by atoms with E-state index < -0.39 is 6.36 Å². The topological polar surface area (TPSA) is 9.23 Å². The molecule has 1 rings (SSSR count). The molecule has 0 saturated heterocycles. The lowest BCUT2D eigenvalue weighted by molar-refractivity contribution is -0.274. The minimum Gasteiger partial charge on any atom is -0.406 e. The molecule has 0 spiro atoms. The zero-order valence-corrected chi connectivity index (χ0v) is 9.69. The van der Waals surface area contributed by atoms with Gasteiger partial charge in [-0.1, -0.05) is 25.4 Å². The van der Waals surface area contributed by atoms with E-state index in [0.29, 0.717) is 0 Å². The predicted octanol–water partition coefficient (Wildman–Crippen LogP) is 4.75. The van der Waals surface area contributed by atoms with Gasteiger partial charge in [0.25, 0.3) is 0 Å². The van der Waals surface area contributed by atoms with Gasteiger partial charge in [-0.15, -0.1) is 13.2 Å². The van der Waals surface area contributed by atoms with Gasteiger partial charge in [0.1, 0.15) is 5.75 Å². The number of ether oxygens (including phenoxy) is 1. The largest absolute Gasteiger partial charge is 0.573 e. The summed E-state index contributed by atoms with van der Waals surface area (Å²) in [6.07, 6.45) is -3.86. The Labute approximate surface area is 97.2 Å². The molecular formula is C11H12ClF3O. The second kappa shape index (κ2) is 4.95. The zero-order valence-electron chi connectivity index (χ0n) is 8.94.